The molecule has 0 aliphatic rings. The van der Waals surface area contributed by atoms with E-state index in [0.717, 1.165) is 12.0 Å². The van der Waals surface area contributed by atoms with Gasteiger partial charge in [-0.2, -0.15) is 0 Å². The van der Waals surface area contributed by atoms with E-state index in [1.54, 1.807) is 12.1 Å². The second-order valence-electron chi connectivity index (χ2n) is 5.46. The van der Waals surface area contributed by atoms with Crippen molar-refractivity contribution in [3.63, 3.8) is 0 Å². The first-order valence-electron chi connectivity index (χ1n) is 6.80. The summed E-state index contributed by atoms with van der Waals surface area (Å²) in [5, 5.41) is 4.10. The SMILES string of the molecule is CC(C)C[C@H](CN)C(=O)N[C@@H](C)c1ccc(Cl)cc1Cl. The summed E-state index contributed by atoms with van der Waals surface area (Å²) >= 11 is 12.0. The van der Waals surface area contributed by atoms with Crippen LogP contribution >= 0.6 is 23.2 Å². The minimum absolute atomic E-state index is 0.0280. The number of carbonyl (C=O) groups excluding carboxylic acids is 1. The fourth-order valence-electron chi connectivity index (χ4n) is 2.14. The van der Waals surface area contributed by atoms with Crippen LogP contribution in [0.1, 0.15) is 38.8 Å². The standard InChI is InChI=1S/C15H22Cl2N2O/c1-9(2)6-11(8-18)15(20)19-10(3)13-5-4-12(16)7-14(13)17/h4-5,7,9-11H,6,8,18H2,1-3H3,(H,19,20)/t10-,11+/m0/s1. The van der Waals surface area contributed by atoms with E-state index >= 15 is 0 Å². The first kappa shape index (κ1) is 17.3. The van der Waals surface area contributed by atoms with E-state index in [4.69, 9.17) is 28.9 Å². The second kappa shape index (κ2) is 7.87. The van der Waals surface area contributed by atoms with Crippen molar-refractivity contribution >= 4 is 29.1 Å². The Morgan fingerprint density at radius 3 is 2.45 bits per heavy atom. The molecule has 1 aromatic rings. The van der Waals surface area contributed by atoms with Gasteiger partial charge in [0.1, 0.15) is 0 Å². The summed E-state index contributed by atoms with van der Waals surface area (Å²) in [4.78, 5) is 12.2. The highest BCUT2D eigenvalue weighted by atomic mass is 35.5. The third-order valence-corrected chi connectivity index (χ3v) is 3.76. The highest BCUT2D eigenvalue weighted by Crippen LogP contribution is 2.26. The Labute approximate surface area is 130 Å². The van der Waals surface area contributed by atoms with Crippen molar-refractivity contribution in [1.29, 1.82) is 0 Å². The number of amides is 1. The number of nitrogens with two attached hydrogens (primary N) is 1. The molecular formula is C15H22Cl2N2O. The Morgan fingerprint density at radius 1 is 1.30 bits per heavy atom. The van der Waals surface area contributed by atoms with Crippen LogP contribution in [-0.2, 0) is 4.79 Å². The molecule has 0 saturated heterocycles. The van der Waals surface area contributed by atoms with Crippen molar-refractivity contribution < 1.29 is 4.79 Å². The molecule has 0 aliphatic heterocycles. The number of halogens is 2. The van der Waals surface area contributed by atoms with Gasteiger partial charge in [-0.1, -0.05) is 43.1 Å². The molecule has 3 nitrogen and oxygen atoms in total. The molecule has 112 valence electrons. The van der Waals surface area contributed by atoms with Gasteiger partial charge in [0.25, 0.3) is 0 Å². The van der Waals surface area contributed by atoms with Crippen molar-refractivity contribution in [1.82, 2.24) is 5.32 Å². The molecule has 1 aromatic carbocycles. The summed E-state index contributed by atoms with van der Waals surface area (Å²) in [6.45, 7) is 6.41. The Morgan fingerprint density at radius 2 is 1.95 bits per heavy atom. The number of carbonyl (C=O) groups is 1. The molecule has 0 unspecified atom stereocenters. The maximum Gasteiger partial charge on any atom is 0.224 e. The zero-order valence-electron chi connectivity index (χ0n) is 12.1. The highest BCUT2D eigenvalue weighted by Gasteiger charge is 2.21. The molecule has 0 aromatic heterocycles. The number of hydrogen-bond donors (Lipinski definition) is 2. The summed E-state index contributed by atoms with van der Waals surface area (Å²) in [6, 6.07) is 5.10. The number of nitrogens with one attached hydrogen (secondary N) is 1. The van der Waals surface area contributed by atoms with Gasteiger partial charge in [0.05, 0.1) is 12.0 Å². The predicted molar refractivity (Wildman–Crippen MR) is 85.0 cm³/mol. The molecule has 0 saturated carbocycles. The van der Waals surface area contributed by atoms with Crippen LogP contribution in [0.5, 0.6) is 0 Å². The molecule has 20 heavy (non-hydrogen) atoms. The van der Waals surface area contributed by atoms with E-state index in [9.17, 15) is 4.79 Å². The zero-order valence-corrected chi connectivity index (χ0v) is 13.6. The van der Waals surface area contributed by atoms with Crippen LogP contribution in [0.25, 0.3) is 0 Å². The van der Waals surface area contributed by atoms with Gasteiger partial charge in [-0.3, -0.25) is 4.79 Å². The van der Waals surface area contributed by atoms with Gasteiger partial charge in [-0.05, 0) is 37.0 Å². The lowest BCUT2D eigenvalue weighted by Gasteiger charge is -2.21. The van der Waals surface area contributed by atoms with E-state index < -0.39 is 0 Å². The lowest BCUT2D eigenvalue weighted by molar-refractivity contribution is -0.125. The Kier molecular flexibility index (Phi) is 6.80. The average molecular weight is 317 g/mol. The summed E-state index contributed by atoms with van der Waals surface area (Å²) in [7, 11) is 0. The van der Waals surface area contributed by atoms with E-state index in [1.165, 1.54) is 0 Å². The third kappa shape index (κ3) is 4.97. The van der Waals surface area contributed by atoms with Crippen LogP contribution in [0, 0.1) is 11.8 Å². The van der Waals surface area contributed by atoms with Crippen LogP contribution in [0.2, 0.25) is 10.0 Å². The molecule has 0 radical (unpaired) electrons. The summed E-state index contributed by atoms with van der Waals surface area (Å²) < 4.78 is 0. The molecule has 0 aliphatic carbocycles. The molecule has 2 atom stereocenters. The molecule has 3 N–H and O–H groups in total. The van der Waals surface area contributed by atoms with Crippen molar-refractivity contribution in [2.24, 2.45) is 17.6 Å². The van der Waals surface area contributed by atoms with Crippen LogP contribution in [0.4, 0.5) is 0 Å². The lowest BCUT2D eigenvalue weighted by atomic mass is 9.96. The third-order valence-electron chi connectivity index (χ3n) is 3.20. The Balaban J connectivity index is 2.73. The first-order chi connectivity index (χ1) is 9.35. The van der Waals surface area contributed by atoms with Crippen molar-refractivity contribution in [3.05, 3.63) is 33.8 Å². The van der Waals surface area contributed by atoms with E-state index in [2.05, 4.69) is 19.2 Å². The van der Waals surface area contributed by atoms with Crippen LogP contribution in [0.3, 0.4) is 0 Å². The van der Waals surface area contributed by atoms with E-state index in [0.29, 0.717) is 22.5 Å². The topological polar surface area (TPSA) is 55.1 Å². The molecular weight excluding hydrogens is 295 g/mol. The monoisotopic (exact) mass is 316 g/mol. The fourth-order valence-corrected chi connectivity index (χ4v) is 2.71. The predicted octanol–water partition coefficient (Wildman–Crippen LogP) is 3.79. The fraction of sp³-hybridized carbons (Fsp3) is 0.533. The first-order valence-corrected chi connectivity index (χ1v) is 7.56. The highest BCUT2D eigenvalue weighted by molar-refractivity contribution is 6.35. The zero-order chi connectivity index (χ0) is 15.3. The van der Waals surface area contributed by atoms with Gasteiger partial charge in [-0.15, -0.1) is 0 Å². The van der Waals surface area contributed by atoms with Gasteiger partial charge in [0.2, 0.25) is 5.91 Å². The second-order valence-corrected chi connectivity index (χ2v) is 6.30. The van der Waals surface area contributed by atoms with Gasteiger partial charge < -0.3 is 11.1 Å². The lowest BCUT2D eigenvalue weighted by Crippen LogP contribution is -2.37. The van der Waals surface area contributed by atoms with Crippen LogP contribution in [0.15, 0.2) is 18.2 Å². The van der Waals surface area contributed by atoms with Gasteiger partial charge in [0, 0.05) is 16.6 Å². The molecule has 0 heterocycles. The van der Waals surface area contributed by atoms with Crippen molar-refractivity contribution in [3.8, 4) is 0 Å². The molecule has 1 amide bonds. The van der Waals surface area contributed by atoms with Gasteiger partial charge in [0.15, 0.2) is 0 Å². The van der Waals surface area contributed by atoms with E-state index in [1.807, 2.05) is 13.0 Å². The number of rotatable bonds is 6. The number of benzene rings is 1. The van der Waals surface area contributed by atoms with Crippen LogP contribution in [-0.4, -0.2) is 12.5 Å². The summed E-state index contributed by atoms with van der Waals surface area (Å²) in [5.41, 5.74) is 6.53. The van der Waals surface area contributed by atoms with E-state index in [-0.39, 0.29) is 17.9 Å². The van der Waals surface area contributed by atoms with Gasteiger partial charge >= 0.3 is 0 Å². The molecule has 0 spiro atoms. The summed E-state index contributed by atoms with van der Waals surface area (Å²) in [5.74, 6) is 0.243. The smallest absolute Gasteiger partial charge is 0.224 e. The molecule has 0 fully saturated rings. The maximum absolute atomic E-state index is 12.2. The number of hydrogen-bond acceptors (Lipinski definition) is 2. The Bertz CT molecular complexity index is 463. The van der Waals surface area contributed by atoms with Crippen molar-refractivity contribution in [2.45, 2.75) is 33.2 Å². The summed E-state index contributed by atoms with van der Waals surface area (Å²) in [6.07, 6.45) is 0.781. The minimum Gasteiger partial charge on any atom is -0.349 e. The largest absolute Gasteiger partial charge is 0.349 e. The minimum atomic E-state index is -0.173. The maximum atomic E-state index is 12.2. The molecule has 5 heteroatoms. The normalized spacial score (nSPS) is 14.2. The Hall–Kier alpha value is -0.770. The quantitative estimate of drug-likeness (QED) is 0.838. The average Bonchev–Trinajstić information content (AvgIpc) is 2.35. The molecule has 1 rings (SSSR count). The molecule has 0 bridgehead atoms. The van der Waals surface area contributed by atoms with Gasteiger partial charge in [-0.25, -0.2) is 0 Å². The van der Waals surface area contributed by atoms with Crippen molar-refractivity contribution in [2.75, 3.05) is 6.54 Å². The van der Waals surface area contributed by atoms with Crippen LogP contribution < -0.4 is 11.1 Å².